The Morgan fingerprint density at radius 2 is 1.95 bits per heavy atom. The van der Waals surface area contributed by atoms with E-state index in [9.17, 15) is 4.79 Å². The molecule has 0 unspecified atom stereocenters. The third kappa shape index (κ3) is 2.52. The van der Waals surface area contributed by atoms with Gasteiger partial charge in [-0.25, -0.2) is 9.78 Å². The highest BCUT2D eigenvalue weighted by atomic mass is 16.5. The molecule has 1 aromatic heterocycles. The zero-order valence-corrected chi connectivity index (χ0v) is 10.7. The molecule has 2 aromatic carbocycles. The van der Waals surface area contributed by atoms with Gasteiger partial charge in [0, 0.05) is 11.6 Å². The van der Waals surface area contributed by atoms with Crippen molar-refractivity contribution >= 4 is 16.7 Å². The van der Waals surface area contributed by atoms with Crippen molar-refractivity contribution in [2.45, 2.75) is 6.61 Å². The Morgan fingerprint density at radius 1 is 1.10 bits per heavy atom. The average Bonchev–Trinajstić information content (AvgIpc) is 2.53. The lowest BCUT2D eigenvalue weighted by Crippen LogP contribution is -2.08. The highest BCUT2D eigenvalue weighted by Gasteiger charge is 2.12. The first-order valence-electron chi connectivity index (χ1n) is 6.31. The summed E-state index contributed by atoms with van der Waals surface area (Å²) in [6, 6.07) is 20.0. The van der Waals surface area contributed by atoms with Gasteiger partial charge in [-0.15, -0.1) is 0 Å². The molecule has 0 spiro atoms. The zero-order valence-electron chi connectivity index (χ0n) is 10.7. The van der Waals surface area contributed by atoms with E-state index in [-0.39, 0.29) is 6.61 Å². The summed E-state index contributed by atoms with van der Waals surface area (Å²) in [6.45, 7) is 0.244. The van der Waals surface area contributed by atoms with Crippen molar-refractivity contribution in [1.82, 2.24) is 4.98 Å². The number of pyridine rings is 1. The summed E-state index contributed by atoms with van der Waals surface area (Å²) in [7, 11) is 0. The van der Waals surface area contributed by atoms with Gasteiger partial charge in [-0.3, -0.25) is 0 Å². The van der Waals surface area contributed by atoms with E-state index in [1.807, 2.05) is 48.5 Å². The van der Waals surface area contributed by atoms with Crippen LogP contribution < -0.4 is 0 Å². The van der Waals surface area contributed by atoms with Crippen LogP contribution in [0.25, 0.3) is 10.8 Å². The molecule has 3 aromatic rings. The number of carbonyl (C=O) groups is 1. The largest absolute Gasteiger partial charge is 0.456 e. The fraction of sp³-hybridized carbons (Fsp3) is 0.0588. The summed E-state index contributed by atoms with van der Waals surface area (Å²) in [4.78, 5) is 16.3. The quantitative estimate of drug-likeness (QED) is 0.679. The number of aromatic nitrogens is 1. The van der Waals surface area contributed by atoms with E-state index in [4.69, 9.17) is 4.74 Å². The maximum absolute atomic E-state index is 12.1. The smallest absolute Gasteiger partial charge is 0.357 e. The van der Waals surface area contributed by atoms with Crippen LogP contribution in [0.5, 0.6) is 0 Å². The van der Waals surface area contributed by atoms with Crippen LogP contribution in [0.15, 0.2) is 60.8 Å². The van der Waals surface area contributed by atoms with Gasteiger partial charge in [-0.2, -0.15) is 0 Å². The number of hydrogen-bond acceptors (Lipinski definition) is 3. The Hall–Kier alpha value is -2.68. The molecular formula is C17H12NO2. The lowest BCUT2D eigenvalue weighted by atomic mass is 10.1. The molecular weight excluding hydrogens is 250 g/mol. The normalized spacial score (nSPS) is 10.4. The van der Waals surface area contributed by atoms with Crippen molar-refractivity contribution in [3.63, 3.8) is 0 Å². The number of benzene rings is 2. The minimum absolute atomic E-state index is 0.244. The molecule has 0 fully saturated rings. The van der Waals surface area contributed by atoms with Gasteiger partial charge in [0.1, 0.15) is 6.61 Å². The molecule has 0 amide bonds. The maximum atomic E-state index is 12.1. The summed E-state index contributed by atoms with van der Waals surface area (Å²) in [5.74, 6) is -0.418. The zero-order chi connectivity index (χ0) is 13.8. The van der Waals surface area contributed by atoms with E-state index >= 15 is 0 Å². The number of ether oxygens (including phenoxy) is 1. The summed E-state index contributed by atoms with van der Waals surface area (Å²) in [6.07, 6.45) is 1.60. The fourth-order valence-corrected chi connectivity index (χ4v) is 2.00. The van der Waals surface area contributed by atoms with Gasteiger partial charge in [0.2, 0.25) is 0 Å². The molecule has 0 bridgehead atoms. The van der Waals surface area contributed by atoms with Gasteiger partial charge in [-0.1, -0.05) is 48.5 Å². The van der Waals surface area contributed by atoms with Gasteiger partial charge in [-0.05, 0) is 23.1 Å². The monoisotopic (exact) mass is 262 g/mol. The van der Waals surface area contributed by atoms with Gasteiger partial charge < -0.3 is 4.74 Å². The number of fused-ring (bicyclic) bond motifs is 1. The Kier molecular flexibility index (Phi) is 3.42. The van der Waals surface area contributed by atoms with Crippen molar-refractivity contribution < 1.29 is 9.53 Å². The maximum Gasteiger partial charge on any atom is 0.357 e. The number of hydrogen-bond donors (Lipinski definition) is 0. The lowest BCUT2D eigenvalue weighted by molar-refractivity contribution is 0.0468. The number of carbonyl (C=O) groups excluding carboxylic acids is 1. The Labute approximate surface area is 116 Å². The highest BCUT2D eigenvalue weighted by molar-refractivity contribution is 6.02. The van der Waals surface area contributed by atoms with Crippen LogP contribution in [0.1, 0.15) is 16.1 Å². The first kappa shape index (κ1) is 12.4. The molecule has 3 rings (SSSR count). The van der Waals surface area contributed by atoms with Crippen molar-refractivity contribution in [3.05, 3.63) is 78.1 Å². The summed E-state index contributed by atoms with van der Waals surface area (Å²) in [5, 5.41) is 1.61. The van der Waals surface area contributed by atoms with Crippen molar-refractivity contribution in [2.75, 3.05) is 0 Å². The predicted octanol–water partition coefficient (Wildman–Crippen LogP) is 3.39. The summed E-state index contributed by atoms with van der Waals surface area (Å²) in [5.41, 5.74) is 1.28. The minimum Gasteiger partial charge on any atom is -0.456 e. The third-order valence-electron chi connectivity index (χ3n) is 2.99. The third-order valence-corrected chi connectivity index (χ3v) is 2.99. The second kappa shape index (κ2) is 5.53. The van der Waals surface area contributed by atoms with E-state index in [0.717, 1.165) is 16.3 Å². The molecule has 0 saturated heterocycles. The van der Waals surface area contributed by atoms with Crippen LogP contribution in [0.2, 0.25) is 0 Å². The van der Waals surface area contributed by atoms with Crippen LogP contribution in [-0.2, 0) is 11.3 Å². The summed E-state index contributed by atoms with van der Waals surface area (Å²) < 4.78 is 5.31. The van der Waals surface area contributed by atoms with Gasteiger partial charge in [0.15, 0.2) is 5.69 Å². The number of rotatable bonds is 3. The lowest BCUT2D eigenvalue weighted by Gasteiger charge is -2.06. The van der Waals surface area contributed by atoms with Crippen molar-refractivity contribution in [3.8, 4) is 0 Å². The van der Waals surface area contributed by atoms with E-state index in [2.05, 4.69) is 11.1 Å². The Morgan fingerprint density at radius 3 is 2.80 bits per heavy atom. The molecule has 1 radical (unpaired) electrons. The van der Waals surface area contributed by atoms with Crippen LogP contribution in [0.3, 0.4) is 0 Å². The van der Waals surface area contributed by atoms with Crippen LogP contribution in [0.4, 0.5) is 0 Å². The van der Waals surface area contributed by atoms with Gasteiger partial charge in [0.05, 0.1) is 0 Å². The fourth-order valence-electron chi connectivity index (χ4n) is 2.00. The second-order valence-electron chi connectivity index (χ2n) is 4.35. The second-order valence-corrected chi connectivity index (χ2v) is 4.35. The van der Waals surface area contributed by atoms with E-state index < -0.39 is 5.97 Å². The molecule has 20 heavy (non-hydrogen) atoms. The van der Waals surface area contributed by atoms with Gasteiger partial charge >= 0.3 is 5.97 Å². The number of nitrogens with zero attached hydrogens (tertiary/aromatic N) is 1. The molecule has 3 heteroatoms. The molecule has 97 valence electrons. The van der Waals surface area contributed by atoms with Gasteiger partial charge in [0.25, 0.3) is 0 Å². The highest BCUT2D eigenvalue weighted by Crippen LogP contribution is 2.17. The standard InChI is InChI=1S/C17H12NO2/c19-17(20-12-13-6-2-1-3-7-13)16-15-9-5-4-8-14(15)10-11-18-16/h1-7,9-11H,12H2. The topological polar surface area (TPSA) is 39.2 Å². The first-order valence-corrected chi connectivity index (χ1v) is 6.31. The molecule has 0 N–H and O–H groups in total. The van der Waals surface area contributed by atoms with E-state index in [1.165, 1.54) is 0 Å². The van der Waals surface area contributed by atoms with Crippen molar-refractivity contribution in [1.29, 1.82) is 0 Å². The van der Waals surface area contributed by atoms with Crippen LogP contribution >= 0.6 is 0 Å². The molecule has 0 aliphatic rings. The molecule has 0 aliphatic heterocycles. The first-order chi connectivity index (χ1) is 9.84. The molecule has 3 nitrogen and oxygen atoms in total. The molecule has 0 atom stereocenters. The SMILES string of the molecule is O=C(OCc1ccccc1)c1nccc2[c]cccc12. The predicted molar refractivity (Wildman–Crippen MR) is 76.1 cm³/mol. The van der Waals surface area contributed by atoms with E-state index in [1.54, 1.807) is 12.3 Å². The average molecular weight is 262 g/mol. The minimum atomic E-state index is -0.418. The molecule has 0 aliphatic carbocycles. The Balaban J connectivity index is 1.82. The Bertz CT molecular complexity index is 733. The molecule has 1 heterocycles. The van der Waals surface area contributed by atoms with Crippen LogP contribution in [-0.4, -0.2) is 11.0 Å². The number of esters is 1. The molecule has 0 saturated carbocycles. The van der Waals surface area contributed by atoms with Crippen LogP contribution in [0, 0.1) is 6.07 Å². The van der Waals surface area contributed by atoms with Crippen molar-refractivity contribution in [2.24, 2.45) is 0 Å². The summed E-state index contributed by atoms with van der Waals surface area (Å²) >= 11 is 0. The van der Waals surface area contributed by atoms with E-state index in [0.29, 0.717) is 5.69 Å².